The fourth-order valence-corrected chi connectivity index (χ4v) is 2.33. The maximum atomic E-state index is 11.8. The molecule has 0 atom stereocenters. The van der Waals surface area contributed by atoms with Gasteiger partial charge in [-0.15, -0.1) is 0 Å². The predicted molar refractivity (Wildman–Crippen MR) is 90.5 cm³/mol. The number of nitrogens with two attached hydrogens (primary N) is 1. The molecule has 0 radical (unpaired) electrons. The van der Waals surface area contributed by atoms with Crippen molar-refractivity contribution >= 4 is 11.9 Å². The topological polar surface area (TPSA) is 93.4 Å². The zero-order chi connectivity index (χ0) is 17.1. The molecule has 0 fully saturated rings. The number of unbranched alkanes of at least 4 members (excludes halogenated alkanes) is 2. The number of benzene rings is 1. The number of aryl methyl sites for hydroxylation is 1. The van der Waals surface area contributed by atoms with E-state index in [0.717, 1.165) is 37.0 Å². The molecule has 23 heavy (non-hydrogen) atoms. The smallest absolute Gasteiger partial charge is 0.312 e. The zero-order valence-electron chi connectivity index (χ0n) is 14.0. The summed E-state index contributed by atoms with van der Waals surface area (Å²) in [6, 6.07) is 5.53. The highest BCUT2D eigenvalue weighted by molar-refractivity contribution is 5.75. The largest absolute Gasteiger partial charge is 0.496 e. The second kappa shape index (κ2) is 10.5. The van der Waals surface area contributed by atoms with Crippen LogP contribution in [0.1, 0.15) is 36.8 Å². The van der Waals surface area contributed by atoms with Crippen molar-refractivity contribution in [2.75, 3.05) is 20.2 Å². The van der Waals surface area contributed by atoms with Gasteiger partial charge in [-0.25, -0.2) is 4.79 Å². The van der Waals surface area contributed by atoms with Gasteiger partial charge in [-0.1, -0.05) is 24.1 Å². The predicted octanol–water partition coefficient (Wildman–Crippen LogP) is 1.89. The quantitative estimate of drug-likeness (QED) is 0.574. The van der Waals surface area contributed by atoms with Crippen molar-refractivity contribution in [1.82, 2.24) is 10.6 Å². The summed E-state index contributed by atoms with van der Waals surface area (Å²) in [6.07, 6.45) is 3.77. The van der Waals surface area contributed by atoms with Gasteiger partial charge in [0.2, 0.25) is 5.91 Å². The Bertz CT molecular complexity index is 518. The second-order valence-corrected chi connectivity index (χ2v) is 5.52. The molecule has 0 spiro atoms. The molecule has 0 unspecified atom stereocenters. The third-order valence-electron chi connectivity index (χ3n) is 3.53. The Kier molecular flexibility index (Phi) is 8.57. The van der Waals surface area contributed by atoms with Crippen molar-refractivity contribution < 1.29 is 14.3 Å². The molecule has 0 saturated heterocycles. The molecular formula is C17H27N3O3. The first-order valence-electron chi connectivity index (χ1n) is 7.96. The van der Waals surface area contributed by atoms with Crippen molar-refractivity contribution in [2.24, 2.45) is 5.73 Å². The standard InChI is InChI=1S/C17H27N3O3/c1-13-7-8-15(23-2)14(12-13)9-11-19-16(21)6-4-3-5-10-20-17(18)22/h7-8,12H,3-6,9-11H2,1-2H3,(H,19,21)(H3,18,20,22). The third kappa shape index (κ3) is 8.09. The van der Waals surface area contributed by atoms with E-state index in [1.54, 1.807) is 7.11 Å². The molecule has 0 saturated carbocycles. The lowest BCUT2D eigenvalue weighted by atomic mass is 10.1. The van der Waals surface area contributed by atoms with Gasteiger partial charge in [0, 0.05) is 19.5 Å². The molecule has 128 valence electrons. The lowest BCUT2D eigenvalue weighted by molar-refractivity contribution is -0.121. The van der Waals surface area contributed by atoms with Crippen LogP contribution in [0.3, 0.4) is 0 Å². The number of carbonyl (C=O) groups excluding carboxylic acids is 2. The average Bonchev–Trinajstić information content (AvgIpc) is 2.50. The van der Waals surface area contributed by atoms with E-state index in [-0.39, 0.29) is 5.91 Å². The van der Waals surface area contributed by atoms with Crippen molar-refractivity contribution in [2.45, 2.75) is 39.0 Å². The number of hydrogen-bond donors (Lipinski definition) is 3. The molecule has 6 nitrogen and oxygen atoms in total. The van der Waals surface area contributed by atoms with Crippen molar-refractivity contribution in [3.05, 3.63) is 29.3 Å². The first-order valence-corrected chi connectivity index (χ1v) is 7.96. The van der Waals surface area contributed by atoms with Crippen LogP contribution < -0.4 is 21.1 Å². The Morgan fingerprint density at radius 3 is 2.61 bits per heavy atom. The zero-order valence-corrected chi connectivity index (χ0v) is 14.0. The van der Waals surface area contributed by atoms with Crippen molar-refractivity contribution in [3.8, 4) is 5.75 Å². The molecule has 0 bridgehead atoms. The van der Waals surface area contributed by atoms with Crippen LogP contribution in [0, 0.1) is 6.92 Å². The minimum atomic E-state index is -0.505. The Hall–Kier alpha value is -2.24. The summed E-state index contributed by atoms with van der Waals surface area (Å²) in [4.78, 5) is 22.2. The van der Waals surface area contributed by atoms with Gasteiger partial charge in [0.15, 0.2) is 0 Å². The highest BCUT2D eigenvalue weighted by atomic mass is 16.5. The highest BCUT2D eigenvalue weighted by Gasteiger charge is 2.05. The highest BCUT2D eigenvalue weighted by Crippen LogP contribution is 2.19. The Morgan fingerprint density at radius 1 is 1.13 bits per heavy atom. The van der Waals surface area contributed by atoms with Crippen LogP contribution in [0.25, 0.3) is 0 Å². The maximum Gasteiger partial charge on any atom is 0.312 e. The van der Waals surface area contributed by atoms with Crippen LogP contribution >= 0.6 is 0 Å². The van der Waals surface area contributed by atoms with Gasteiger partial charge < -0.3 is 21.1 Å². The average molecular weight is 321 g/mol. The van der Waals surface area contributed by atoms with Crippen LogP contribution in [0.15, 0.2) is 18.2 Å². The molecule has 0 heterocycles. The van der Waals surface area contributed by atoms with Crippen LogP contribution in [0.5, 0.6) is 5.75 Å². The van der Waals surface area contributed by atoms with E-state index >= 15 is 0 Å². The number of amides is 3. The van der Waals surface area contributed by atoms with Gasteiger partial charge in [0.05, 0.1) is 7.11 Å². The number of urea groups is 1. The van der Waals surface area contributed by atoms with Crippen LogP contribution in [0.2, 0.25) is 0 Å². The van der Waals surface area contributed by atoms with Gasteiger partial charge in [-0.3, -0.25) is 4.79 Å². The number of methoxy groups -OCH3 is 1. The van der Waals surface area contributed by atoms with Gasteiger partial charge in [-0.2, -0.15) is 0 Å². The minimum Gasteiger partial charge on any atom is -0.496 e. The lowest BCUT2D eigenvalue weighted by Crippen LogP contribution is -2.30. The second-order valence-electron chi connectivity index (χ2n) is 5.52. The van der Waals surface area contributed by atoms with E-state index in [1.165, 1.54) is 5.56 Å². The van der Waals surface area contributed by atoms with E-state index in [1.807, 2.05) is 19.1 Å². The molecule has 0 aliphatic carbocycles. The monoisotopic (exact) mass is 321 g/mol. The van der Waals surface area contributed by atoms with Gasteiger partial charge in [0.1, 0.15) is 5.75 Å². The summed E-state index contributed by atoms with van der Waals surface area (Å²) in [5.41, 5.74) is 7.24. The Labute approximate surface area is 137 Å². The van der Waals surface area contributed by atoms with E-state index in [9.17, 15) is 9.59 Å². The molecule has 3 amide bonds. The van der Waals surface area contributed by atoms with Crippen molar-refractivity contribution in [1.29, 1.82) is 0 Å². The molecule has 1 rings (SSSR count). The molecule has 6 heteroatoms. The van der Waals surface area contributed by atoms with Crippen LogP contribution in [-0.2, 0) is 11.2 Å². The number of nitrogens with one attached hydrogen (secondary N) is 2. The SMILES string of the molecule is COc1ccc(C)cc1CCNC(=O)CCCCCNC(N)=O. The van der Waals surface area contributed by atoms with E-state index in [4.69, 9.17) is 10.5 Å². The molecule has 1 aromatic rings. The Morgan fingerprint density at radius 2 is 1.91 bits per heavy atom. The lowest BCUT2D eigenvalue weighted by Gasteiger charge is -2.10. The summed E-state index contributed by atoms with van der Waals surface area (Å²) in [5, 5.41) is 5.45. The van der Waals surface area contributed by atoms with E-state index < -0.39 is 6.03 Å². The van der Waals surface area contributed by atoms with E-state index in [2.05, 4.69) is 16.7 Å². The van der Waals surface area contributed by atoms with Gasteiger partial charge in [0.25, 0.3) is 0 Å². The first-order chi connectivity index (χ1) is 11.0. The number of primary amides is 1. The third-order valence-corrected chi connectivity index (χ3v) is 3.53. The molecular weight excluding hydrogens is 294 g/mol. The van der Waals surface area contributed by atoms with E-state index in [0.29, 0.717) is 19.5 Å². The molecule has 4 N–H and O–H groups in total. The summed E-state index contributed by atoms with van der Waals surface area (Å²) >= 11 is 0. The molecule has 0 aliphatic heterocycles. The number of rotatable bonds is 10. The number of hydrogen-bond acceptors (Lipinski definition) is 3. The van der Waals surface area contributed by atoms with Gasteiger partial charge >= 0.3 is 6.03 Å². The maximum absolute atomic E-state index is 11.8. The van der Waals surface area contributed by atoms with Crippen LogP contribution in [-0.4, -0.2) is 32.1 Å². The Balaban J connectivity index is 2.17. The number of carbonyl (C=O) groups is 2. The molecule has 1 aromatic carbocycles. The summed E-state index contributed by atoms with van der Waals surface area (Å²) in [6.45, 7) is 3.20. The fraction of sp³-hybridized carbons (Fsp3) is 0.529. The minimum absolute atomic E-state index is 0.0551. The first kappa shape index (κ1) is 18.8. The summed E-state index contributed by atoms with van der Waals surface area (Å²) in [5.74, 6) is 0.909. The molecule has 0 aromatic heterocycles. The van der Waals surface area contributed by atoms with Gasteiger partial charge in [-0.05, 0) is 37.8 Å². The van der Waals surface area contributed by atoms with Crippen molar-refractivity contribution in [3.63, 3.8) is 0 Å². The summed E-state index contributed by atoms with van der Waals surface area (Å²) < 4.78 is 5.33. The van der Waals surface area contributed by atoms with Crippen LogP contribution in [0.4, 0.5) is 4.79 Å². The number of ether oxygens (including phenoxy) is 1. The summed E-state index contributed by atoms with van der Waals surface area (Å²) in [7, 11) is 1.65. The molecule has 0 aliphatic rings. The normalized spacial score (nSPS) is 10.2. The fourth-order valence-electron chi connectivity index (χ4n) is 2.33.